The average molecular weight is 261 g/mol. The molecule has 1 fully saturated rings. The fraction of sp³-hybridized carbons (Fsp3) is 0.429. The molecule has 1 aromatic rings. The van der Waals surface area contributed by atoms with Gasteiger partial charge in [-0.15, -0.1) is 0 Å². The standard InChI is InChI=1S/C14H19N3O2/c1-2-10-7-8-17(9-10)14(18)12-5-3-11(4-6-12)13(15)16-19/h3-6,10,19H,2,7-9H2,1H3,(H2,15,16). The summed E-state index contributed by atoms with van der Waals surface area (Å²) in [6, 6.07) is 6.81. The maximum Gasteiger partial charge on any atom is 0.253 e. The molecule has 1 atom stereocenters. The van der Waals surface area contributed by atoms with Gasteiger partial charge in [0.2, 0.25) is 0 Å². The number of carbonyl (C=O) groups is 1. The Kier molecular flexibility index (Phi) is 4.04. The quantitative estimate of drug-likeness (QED) is 0.376. The first-order chi connectivity index (χ1) is 9.15. The van der Waals surface area contributed by atoms with Crippen LogP contribution in [0.25, 0.3) is 0 Å². The number of carbonyl (C=O) groups excluding carboxylic acids is 1. The Bertz CT molecular complexity index is 482. The van der Waals surface area contributed by atoms with Crippen molar-refractivity contribution in [3.05, 3.63) is 35.4 Å². The third-order valence-corrected chi connectivity index (χ3v) is 3.69. The lowest BCUT2D eigenvalue weighted by molar-refractivity contribution is 0.0787. The second kappa shape index (κ2) is 5.73. The van der Waals surface area contributed by atoms with E-state index in [-0.39, 0.29) is 11.7 Å². The molecule has 0 bridgehead atoms. The molecule has 5 nitrogen and oxygen atoms in total. The molecule has 0 aromatic heterocycles. The highest BCUT2D eigenvalue weighted by Crippen LogP contribution is 2.21. The molecule has 0 aliphatic carbocycles. The molecular weight excluding hydrogens is 242 g/mol. The van der Waals surface area contributed by atoms with Crippen LogP contribution in [0.3, 0.4) is 0 Å². The van der Waals surface area contributed by atoms with E-state index in [1.807, 2.05) is 4.90 Å². The lowest BCUT2D eigenvalue weighted by Gasteiger charge is -2.16. The van der Waals surface area contributed by atoms with Crippen molar-refractivity contribution in [2.75, 3.05) is 13.1 Å². The van der Waals surface area contributed by atoms with Gasteiger partial charge in [-0.05, 0) is 24.5 Å². The van der Waals surface area contributed by atoms with Gasteiger partial charge in [0.25, 0.3) is 5.91 Å². The molecule has 0 radical (unpaired) electrons. The zero-order chi connectivity index (χ0) is 13.8. The Balaban J connectivity index is 2.08. The van der Waals surface area contributed by atoms with Crippen molar-refractivity contribution < 1.29 is 10.0 Å². The van der Waals surface area contributed by atoms with Crippen LogP contribution in [-0.2, 0) is 0 Å². The van der Waals surface area contributed by atoms with Crippen molar-refractivity contribution in [3.63, 3.8) is 0 Å². The molecule has 1 aliphatic heterocycles. The maximum absolute atomic E-state index is 12.3. The lowest BCUT2D eigenvalue weighted by atomic mass is 10.1. The highest BCUT2D eigenvalue weighted by atomic mass is 16.4. The van der Waals surface area contributed by atoms with Crippen LogP contribution in [0.4, 0.5) is 0 Å². The Labute approximate surface area is 112 Å². The predicted molar refractivity (Wildman–Crippen MR) is 73.3 cm³/mol. The van der Waals surface area contributed by atoms with E-state index >= 15 is 0 Å². The largest absolute Gasteiger partial charge is 0.409 e. The van der Waals surface area contributed by atoms with E-state index in [1.54, 1.807) is 24.3 Å². The number of oxime groups is 1. The highest BCUT2D eigenvalue weighted by molar-refractivity contribution is 5.99. The number of amides is 1. The van der Waals surface area contributed by atoms with Crippen LogP contribution in [0, 0.1) is 5.92 Å². The van der Waals surface area contributed by atoms with Gasteiger partial charge in [0.05, 0.1) is 0 Å². The third kappa shape index (κ3) is 2.86. The summed E-state index contributed by atoms with van der Waals surface area (Å²) in [5.74, 6) is 0.730. The van der Waals surface area contributed by atoms with Crippen LogP contribution in [0.1, 0.15) is 35.7 Å². The fourth-order valence-corrected chi connectivity index (χ4v) is 2.37. The minimum Gasteiger partial charge on any atom is -0.409 e. The molecule has 1 heterocycles. The van der Waals surface area contributed by atoms with Gasteiger partial charge in [0, 0.05) is 24.2 Å². The summed E-state index contributed by atoms with van der Waals surface area (Å²) in [7, 11) is 0. The van der Waals surface area contributed by atoms with E-state index in [2.05, 4.69) is 12.1 Å². The van der Waals surface area contributed by atoms with Crippen LogP contribution in [0.2, 0.25) is 0 Å². The maximum atomic E-state index is 12.3. The average Bonchev–Trinajstić information content (AvgIpc) is 2.94. The minimum absolute atomic E-state index is 0.0474. The van der Waals surface area contributed by atoms with Crippen LogP contribution in [0.5, 0.6) is 0 Å². The fourth-order valence-electron chi connectivity index (χ4n) is 2.37. The molecular formula is C14H19N3O2. The number of nitrogens with two attached hydrogens (primary N) is 1. The van der Waals surface area contributed by atoms with Gasteiger partial charge < -0.3 is 15.8 Å². The first-order valence-electron chi connectivity index (χ1n) is 6.53. The second-order valence-corrected chi connectivity index (χ2v) is 4.88. The van der Waals surface area contributed by atoms with Gasteiger partial charge >= 0.3 is 0 Å². The number of hydrogen-bond donors (Lipinski definition) is 2. The Hall–Kier alpha value is -2.04. The van der Waals surface area contributed by atoms with Crippen LogP contribution < -0.4 is 5.73 Å². The van der Waals surface area contributed by atoms with Crippen LogP contribution in [-0.4, -0.2) is 34.9 Å². The second-order valence-electron chi connectivity index (χ2n) is 4.88. The number of likely N-dealkylation sites (tertiary alicyclic amines) is 1. The smallest absolute Gasteiger partial charge is 0.253 e. The lowest BCUT2D eigenvalue weighted by Crippen LogP contribution is -2.28. The predicted octanol–water partition coefficient (Wildman–Crippen LogP) is 1.65. The highest BCUT2D eigenvalue weighted by Gasteiger charge is 2.25. The molecule has 102 valence electrons. The molecule has 0 saturated carbocycles. The van der Waals surface area contributed by atoms with E-state index < -0.39 is 0 Å². The van der Waals surface area contributed by atoms with E-state index in [0.717, 1.165) is 25.9 Å². The van der Waals surface area contributed by atoms with Gasteiger partial charge in [-0.3, -0.25) is 4.79 Å². The van der Waals surface area contributed by atoms with Crippen LogP contribution >= 0.6 is 0 Å². The van der Waals surface area contributed by atoms with Crippen molar-refractivity contribution in [1.29, 1.82) is 0 Å². The van der Waals surface area contributed by atoms with E-state index in [1.165, 1.54) is 0 Å². The van der Waals surface area contributed by atoms with Gasteiger partial charge in [-0.1, -0.05) is 30.6 Å². The molecule has 1 saturated heterocycles. The first-order valence-corrected chi connectivity index (χ1v) is 6.53. The molecule has 0 spiro atoms. The molecule has 1 aromatic carbocycles. The zero-order valence-corrected chi connectivity index (χ0v) is 11.0. The first kappa shape index (κ1) is 13.4. The molecule has 19 heavy (non-hydrogen) atoms. The summed E-state index contributed by atoms with van der Waals surface area (Å²) in [6.07, 6.45) is 2.21. The number of nitrogens with zero attached hydrogens (tertiary/aromatic N) is 2. The molecule has 1 aliphatic rings. The molecule has 5 heteroatoms. The van der Waals surface area contributed by atoms with Crippen molar-refractivity contribution in [2.45, 2.75) is 19.8 Å². The van der Waals surface area contributed by atoms with E-state index in [9.17, 15) is 4.79 Å². The van der Waals surface area contributed by atoms with Crippen molar-refractivity contribution >= 4 is 11.7 Å². The van der Waals surface area contributed by atoms with Gasteiger partial charge in [-0.25, -0.2) is 0 Å². The summed E-state index contributed by atoms with van der Waals surface area (Å²) in [6.45, 7) is 3.83. The molecule has 1 unspecified atom stereocenters. The van der Waals surface area contributed by atoms with Gasteiger partial charge in [0.15, 0.2) is 5.84 Å². The normalized spacial score (nSPS) is 19.7. The molecule has 3 N–H and O–H groups in total. The SMILES string of the molecule is CCC1CCN(C(=O)c2ccc(/C(N)=N/O)cc2)C1. The molecule has 1 amide bonds. The van der Waals surface area contributed by atoms with Crippen molar-refractivity contribution in [2.24, 2.45) is 16.8 Å². The summed E-state index contributed by atoms with van der Waals surface area (Å²) in [5.41, 5.74) is 6.73. The third-order valence-electron chi connectivity index (χ3n) is 3.69. The number of hydrogen-bond acceptors (Lipinski definition) is 3. The van der Waals surface area contributed by atoms with Gasteiger partial charge in [0.1, 0.15) is 0 Å². The van der Waals surface area contributed by atoms with Crippen molar-refractivity contribution in [1.82, 2.24) is 4.90 Å². The van der Waals surface area contributed by atoms with Crippen molar-refractivity contribution in [3.8, 4) is 0 Å². The summed E-state index contributed by atoms with van der Waals surface area (Å²) < 4.78 is 0. The molecule has 2 rings (SSSR count). The topological polar surface area (TPSA) is 78.9 Å². The summed E-state index contributed by atoms with van der Waals surface area (Å²) in [5, 5.41) is 11.5. The zero-order valence-electron chi connectivity index (χ0n) is 11.0. The number of benzene rings is 1. The van der Waals surface area contributed by atoms with Crippen LogP contribution in [0.15, 0.2) is 29.4 Å². The van der Waals surface area contributed by atoms with Gasteiger partial charge in [-0.2, -0.15) is 0 Å². The number of amidine groups is 1. The minimum atomic E-state index is 0.0474. The van der Waals surface area contributed by atoms with E-state index in [4.69, 9.17) is 10.9 Å². The Morgan fingerprint density at radius 2 is 2.05 bits per heavy atom. The Morgan fingerprint density at radius 1 is 1.42 bits per heavy atom. The Morgan fingerprint density at radius 3 is 2.58 bits per heavy atom. The summed E-state index contributed by atoms with van der Waals surface area (Å²) >= 11 is 0. The number of rotatable bonds is 3. The monoisotopic (exact) mass is 261 g/mol. The summed E-state index contributed by atoms with van der Waals surface area (Å²) in [4.78, 5) is 14.2. The van der Waals surface area contributed by atoms with E-state index in [0.29, 0.717) is 17.0 Å².